The van der Waals surface area contributed by atoms with E-state index in [-0.39, 0.29) is 28.7 Å². The zero-order valence-corrected chi connectivity index (χ0v) is 19.1. The van der Waals surface area contributed by atoms with Crippen LogP contribution in [0.25, 0.3) is 22.2 Å². The van der Waals surface area contributed by atoms with Gasteiger partial charge in [0, 0.05) is 27.2 Å². The van der Waals surface area contributed by atoms with Crippen LogP contribution in [0.2, 0.25) is 0 Å². The molecule has 0 bridgehead atoms. The van der Waals surface area contributed by atoms with E-state index in [1.165, 1.54) is 18.4 Å². The molecule has 35 heavy (non-hydrogen) atoms. The van der Waals surface area contributed by atoms with Gasteiger partial charge in [0.1, 0.15) is 22.0 Å². The third-order valence-corrected chi connectivity index (χ3v) is 6.68. The van der Waals surface area contributed by atoms with Crippen LogP contribution >= 0.6 is 10.2 Å². The van der Waals surface area contributed by atoms with E-state index in [2.05, 4.69) is 15.3 Å². The molecule has 0 spiro atoms. The van der Waals surface area contributed by atoms with Crippen molar-refractivity contribution in [2.24, 2.45) is 0 Å². The molecule has 0 saturated heterocycles. The zero-order chi connectivity index (χ0) is 25.9. The molecule has 2 N–H and O–H groups in total. The number of fused-ring (bicyclic) bond motifs is 1. The van der Waals surface area contributed by atoms with Gasteiger partial charge in [-0.25, -0.2) is 23.0 Å². The van der Waals surface area contributed by atoms with Crippen LogP contribution in [0.5, 0.6) is 0 Å². The van der Waals surface area contributed by atoms with Crippen molar-refractivity contribution in [3.05, 3.63) is 66.1 Å². The van der Waals surface area contributed by atoms with Gasteiger partial charge in [0.2, 0.25) is 5.95 Å². The van der Waals surface area contributed by atoms with Gasteiger partial charge in [-0.2, -0.15) is 0 Å². The molecule has 0 radical (unpaired) electrons. The summed E-state index contributed by atoms with van der Waals surface area (Å²) in [5, 5.41) is 2.34. The van der Waals surface area contributed by atoms with Gasteiger partial charge in [0.05, 0.1) is 23.6 Å². The smallest absolute Gasteiger partial charge is 0.310 e. The van der Waals surface area contributed by atoms with E-state index >= 15 is 0 Å². The van der Waals surface area contributed by atoms with E-state index in [1.54, 1.807) is 0 Å². The number of anilines is 2. The second-order valence-corrected chi connectivity index (χ2v) is 12.5. The van der Waals surface area contributed by atoms with Gasteiger partial charge in [-0.1, -0.05) is 19.4 Å². The van der Waals surface area contributed by atoms with Gasteiger partial charge < -0.3 is 9.73 Å². The Hall–Kier alpha value is -3.33. The van der Waals surface area contributed by atoms with Gasteiger partial charge in [0.25, 0.3) is 0 Å². The molecule has 188 valence electrons. The van der Waals surface area contributed by atoms with Gasteiger partial charge in [-0.3, -0.25) is 4.78 Å². The highest BCUT2D eigenvalue weighted by Crippen LogP contribution is 3.02. The molecule has 15 heteroatoms. The van der Waals surface area contributed by atoms with Crippen LogP contribution in [0.3, 0.4) is 0 Å². The Kier molecular flexibility index (Phi) is 5.19. The summed E-state index contributed by atoms with van der Waals surface area (Å²) < 4.78 is 120. The van der Waals surface area contributed by atoms with Crippen molar-refractivity contribution >= 4 is 42.6 Å². The lowest BCUT2D eigenvalue weighted by molar-refractivity contribution is 0.364. The second kappa shape index (κ2) is 7.34. The number of hydrogen-bond donors (Lipinski definition) is 2. The average Bonchev–Trinajstić information content (AvgIpc) is 3.18. The molecular weight excluding hydrogens is 525 g/mol. The summed E-state index contributed by atoms with van der Waals surface area (Å²) in [4.78, 5) is 5.25. The van der Waals surface area contributed by atoms with E-state index < -0.39 is 65.1 Å². The first-order valence-corrected chi connectivity index (χ1v) is 13.5. The first-order chi connectivity index (χ1) is 15.9. The first kappa shape index (κ1) is 24.8. The fourth-order valence-electron chi connectivity index (χ4n) is 3.32. The zero-order valence-electron chi connectivity index (χ0n) is 17.5. The Morgan fingerprint density at radius 3 is 2.43 bits per heavy atom. The maximum atomic E-state index is 14.5. The number of nitrogens with one attached hydrogen (secondary N) is 2. The van der Waals surface area contributed by atoms with Gasteiger partial charge in [-0.15, -0.1) is 0 Å². The minimum atomic E-state index is -10.2. The van der Waals surface area contributed by atoms with Crippen molar-refractivity contribution in [1.82, 2.24) is 9.97 Å². The third-order valence-electron chi connectivity index (χ3n) is 4.67. The maximum Gasteiger partial charge on any atom is 0.310 e. The number of rotatable bonds is 6. The molecule has 0 saturated carbocycles. The predicted octanol–water partition coefficient (Wildman–Crippen LogP) is 7.75. The van der Waals surface area contributed by atoms with Crippen LogP contribution in [0.1, 0.15) is 5.56 Å². The van der Waals surface area contributed by atoms with Crippen LogP contribution in [0, 0.1) is 16.4 Å². The Morgan fingerprint density at radius 2 is 1.77 bits per heavy atom. The Balaban J connectivity index is 1.81. The molecule has 0 aliphatic carbocycles. The second-order valence-electron chi connectivity index (χ2n) is 7.76. The van der Waals surface area contributed by atoms with Crippen LogP contribution in [-0.2, 0) is 15.5 Å². The third kappa shape index (κ3) is 5.51. The molecule has 0 fully saturated rings. The fraction of sp³-hybridized carbons (Fsp3) is 0.100. The topological polar surface area (TPSA) is 91.9 Å². The highest BCUT2D eigenvalue weighted by Gasteiger charge is 2.65. The lowest BCUT2D eigenvalue weighted by atomic mass is 10.1. The van der Waals surface area contributed by atoms with Crippen molar-refractivity contribution in [2.75, 3.05) is 11.6 Å². The standard InChI is InChI=1S/C20H15F7N4O2S2/c1-34(28,32)10-11-6-12(8-13(7-11)35(23,24,25,26)27)30-20-29-9-17(22)18(31-20)15-2-3-16(21)14-4-5-33-19(14)15/h2-9,28H,10H2,1H3,(H,29,30,31). The number of halogens is 7. The van der Waals surface area contributed by atoms with Gasteiger partial charge in [0.15, 0.2) is 5.82 Å². The molecule has 0 aliphatic heterocycles. The van der Waals surface area contributed by atoms with Crippen molar-refractivity contribution in [2.45, 2.75) is 10.6 Å². The molecule has 4 aromatic rings. The summed E-state index contributed by atoms with van der Waals surface area (Å²) >= 11 is 0. The van der Waals surface area contributed by atoms with Gasteiger partial charge in [-0.05, 0) is 42.0 Å². The molecule has 0 aliphatic rings. The van der Waals surface area contributed by atoms with Crippen molar-refractivity contribution in [1.29, 1.82) is 4.78 Å². The maximum absolute atomic E-state index is 14.5. The summed E-state index contributed by atoms with van der Waals surface area (Å²) in [5.74, 6) is -2.82. The van der Waals surface area contributed by atoms with Crippen LogP contribution in [-0.4, -0.2) is 20.4 Å². The summed E-state index contributed by atoms with van der Waals surface area (Å²) in [7, 11) is -13.5. The summed E-state index contributed by atoms with van der Waals surface area (Å²) in [5.41, 5.74) is -1.44. The largest absolute Gasteiger partial charge is 0.464 e. The minimum Gasteiger partial charge on any atom is -0.464 e. The Morgan fingerprint density at radius 1 is 1.06 bits per heavy atom. The molecule has 2 aromatic carbocycles. The van der Waals surface area contributed by atoms with E-state index in [4.69, 9.17) is 9.20 Å². The van der Waals surface area contributed by atoms with E-state index in [0.717, 1.165) is 18.4 Å². The lowest BCUT2D eigenvalue weighted by Gasteiger charge is -2.41. The normalized spacial score (nSPS) is 15.9. The fourth-order valence-corrected chi connectivity index (χ4v) is 4.84. The van der Waals surface area contributed by atoms with Crippen LogP contribution in [0.15, 0.2) is 58.2 Å². The molecule has 6 nitrogen and oxygen atoms in total. The monoisotopic (exact) mass is 540 g/mol. The molecular formula is C20H15F7N4O2S2. The minimum absolute atomic E-state index is 0.00993. The highest BCUT2D eigenvalue weighted by atomic mass is 32.5. The number of hydrogen-bond acceptors (Lipinski definition) is 6. The number of aromatic nitrogens is 2. The molecule has 0 amide bonds. The first-order valence-electron chi connectivity index (χ1n) is 9.45. The molecule has 4 rings (SSSR count). The van der Waals surface area contributed by atoms with Crippen LogP contribution < -0.4 is 5.32 Å². The van der Waals surface area contributed by atoms with E-state index in [0.29, 0.717) is 6.20 Å². The lowest BCUT2D eigenvalue weighted by Crippen LogP contribution is -2.09. The highest BCUT2D eigenvalue weighted by molar-refractivity contribution is 8.45. The van der Waals surface area contributed by atoms with Crippen LogP contribution in [0.4, 0.5) is 39.8 Å². The number of furan rings is 1. The van der Waals surface area contributed by atoms with E-state index in [9.17, 15) is 32.4 Å². The SMILES string of the molecule is CS(=N)(=O)Cc1cc(Nc2ncc(F)c(-c3ccc(F)c4ccoc34)n2)cc(S(F)(F)(F)(F)F)c1. The molecule has 1 atom stereocenters. The predicted molar refractivity (Wildman–Crippen MR) is 119 cm³/mol. The Labute approximate surface area is 193 Å². The summed E-state index contributed by atoms with van der Waals surface area (Å²) in [6.07, 6.45) is 2.79. The van der Waals surface area contributed by atoms with Crippen molar-refractivity contribution < 1.29 is 36.8 Å². The Bertz CT molecular complexity index is 1590. The molecule has 2 aromatic heterocycles. The van der Waals surface area contributed by atoms with E-state index in [1.807, 2.05) is 0 Å². The molecule has 1 unspecified atom stereocenters. The summed E-state index contributed by atoms with van der Waals surface area (Å²) in [6.45, 7) is 0. The number of nitrogens with zero attached hydrogens (tertiary/aromatic N) is 2. The van der Waals surface area contributed by atoms with Crippen molar-refractivity contribution in [3.8, 4) is 11.3 Å². The van der Waals surface area contributed by atoms with Gasteiger partial charge >= 0.3 is 10.2 Å². The summed E-state index contributed by atoms with van der Waals surface area (Å²) in [6, 6.07) is 4.73. The number of benzene rings is 2. The average molecular weight is 540 g/mol. The molecule has 2 heterocycles. The quantitative estimate of drug-likeness (QED) is 0.244. The van der Waals surface area contributed by atoms with Crippen molar-refractivity contribution in [3.63, 3.8) is 0 Å².